The van der Waals surface area contributed by atoms with Gasteiger partial charge in [0.05, 0.1) is 5.71 Å². The first kappa shape index (κ1) is 11.8. The van der Waals surface area contributed by atoms with Crippen molar-refractivity contribution in [2.45, 2.75) is 39.8 Å². The molecule has 0 bridgehead atoms. The number of allylic oxidation sites excluding steroid dienone is 1. The molecule has 0 aromatic rings. The number of nitrogens with one attached hydrogen (secondary N) is 1. The first-order valence-electron chi connectivity index (χ1n) is 5.19. The van der Waals surface area contributed by atoms with Gasteiger partial charge in [0.1, 0.15) is 0 Å². The highest BCUT2D eigenvalue weighted by atomic mass is 16.6. The molecule has 4 heteroatoms. The van der Waals surface area contributed by atoms with Gasteiger partial charge in [0.25, 0.3) is 5.91 Å². The molecule has 0 spiro atoms. The van der Waals surface area contributed by atoms with Gasteiger partial charge in [-0.25, -0.2) is 0 Å². The number of hydrogen-bond acceptors (Lipinski definition) is 3. The van der Waals surface area contributed by atoms with Crippen molar-refractivity contribution in [1.82, 2.24) is 5.32 Å². The Labute approximate surface area is 90.4 Å². The predicted octanol–water partition coefficient (Wildman–Crippen LogP) is 1.48. The molecule has 0 aliphatic carbocycles. The van der Waals surface area contributed by atoms with Crippen molar-refractivity contribution in [2.24, 2.45) is 11.1 Å². The van der Waals surface area contributed by atoms with Gasteiger partial charge >= 0.3 is 0 Å². The average Bonchev–Trinajstić information content (AvgIpc) is 2.48. The van der Waals surface area contributed by atoms with E-state index in [1.165, 1.54) is 0 Å². The summed E-state index contributed by atoms with van der Waals surface area (Å²) in [5.41, 5.74) is 0.869. The molecule has 3 unspecified atom stereocenters. The maximum atomic E-state index is 11.7. The Bertz CT molecular complexity index is 297. The normalized spacial score (nSPS) is 27.3. The van der Waals surface area contributed by atoms with E-state index in [4.69, 9.17) is 4.84 Å². The van der Waals surface area contributed by atoms with Crippen LogP contribution in [0.1, 0.15) is 27.7 Å². The smallest absolute Gasteiger partial charge is 0.265 e. The molecule has 1 aliphatic heterocycles. The van der Waals surface area contributed by atoms with Crippen LogP contribution in [0.3, 0.4) is 0 Å². The van der Waals surface area contributed by atoms with Gasteiger partial charge in [-0.1, -0.05) is 24.2 Å². The number of amides is 1. The number of nitrogens with zero attached hydrogens (tertiary/aromatic N) is 1. The van der Waals surface area contributed by atoms with Crippen molar-refractivity contribution in [3.63, 3.8) is 0 Å². The van der Waals surface area contributed by atoms with Crippen LogP contribution in [0, 0.1) is 5.92 Å². The van der Waals surface area contributed by atoms with E-state index < -0.39 is 6.10 Å². The molecule has 0 saturated carbocycles. The Morgan fingerprint density at radius 1 is 1.67 bits per heavy atom. The van der Waals surface area contributed by atoms with E-state index in [9.17, 15) is 4.79 Å². The number of hydrogen-bond donors (Lipinski definition) is 1. The largest absolute Gasteiger partial charge is 0.382 e. The third-order valence-corrected chi connectivity index (χ3v) is 2.53. The fourth-order valence-corrected chi connectivity index (χ4v) is 1.45. The standard InChI is InChI=1S/C11H18N2O2/c1-5-6-7(2)12-11(14)10-8(3)9(4)13-15-10/h5-8,10H,1-4H3,(H,12,14). The molecule has 3 atom stereocenters. The summed E-state index contributed by atoms with van der Waals surface area (Å²) in [6.45, 7) is 7.65. The van der Waals surface area contributed by atoms with Gasteiger partial charge in [0.2, 0.25) is 6.10 Å². The Hall–Kier alpha value is -1.32. The van der Waals surface area contributed by atoms with Crippen LogP contribution in [0.5, 0.6) is 0 Å². The molecule has 0 saturated heterocycles. The molecule has 1 heterocycles. The Morgan fingerprint density at radius 3 is 2.80 bits per heavy atom. The van der Waals surface area contributed by atoms with Crippen molar-refractivity contribution in [3.05, 3.63) is 12.2 Å². The third-order valence-electron chi connectivity index (χ3n) is 2.53. The monoisotopic (exact) mass is 210 g/mol. The predicted molar refractivity (Wildman–Crippen MR) is 59.6 cm³/mol. The lowest BCUT2D eigenvalue weighted by Crippen LogP contribution is -2.42. The SMILES string of the molecule is CC=CC(C)NC(=O)C1ON=C(C)C1C. The highest BCUT2D eigenvalue weighted by molar-refractivity contribution is 5.93. The maximum Gasteiger partial charge on any atom is 0.265 e. The van der Waals surface area contributed by atoms with Crippen molar-refractivity contribution < 1.29 is 9.63 Å². The summed E-state index contributed by atoms with van der Waals surface area (Å²) in [7, 11) is 0. The first-order chi connectivity index (χ1) is 7.06. The molecule has 15 heavy (non-hydrogen) atoms. The van der Waals surface area contributed by atoms with E-state index >= 15 is 0 Å². The van der Waals surface area contributed by atoms with Crippen LogP contribution in [-0.2, 0) is 9.63 Å². The number of oxime groups is 1. The van der Waals surface area contributed by atoms with Crippen molar-refractivity contribution in [1.29, 1.82) is 0 Å². The average molecular weight is 210 g/mol. The summed E-state index contributed by atoms with van der Waals surface area (Å²) in [5, 5.41) is 6.66. The minimum Gasteiger partial charge on any atom is -0.382 e. The van der Waals surface area contributed by atoms with Crippen molar-refractivity contribution >= 4 is 11.6 Å². The van der Waals surface area contributed by atoms with Crippen LogP contribution in [0.2, 0.25) is 0 Å². The highest BCUT2D eigenvalue weighted by Crippen LogP contribution is 2.17. The summed E-state index contributed by atoms with van der Waals surface area (Å²) in [6, 6.07) is 0.0270. The number of rotatable bonds is 3. The molecular formula is C11H18N2O2. The van der Waals surface area contributed by atoms with Crippen LogP contribution >= 0.6 is 0 Å². The fourth-order valence-electron chi connectivity index (χ4n) is 1.45. The third kappa shape index (κ3) is 2.81. The lowest BCUT2D eigenvalue weighted by molar-refractivity contribution is -0.133. The molecule has 0 fully saturated rings. The Balaban J connectivity index is 2.49. The van der Waals surface area contributed by atoms with Gasteiger partial charge in [-0.15, -0.1) is 0 Å². The zero-order valence-electron chi connectivity index (χ0n) is 9.65. The van der Waals surface area contributed by atoms with E-state index in [0.29, 0.717) is 0 Å². The lowest BCUT2D eigenvalue weighted by atomic mass is 10.0. The summed E-state index contributed by atoms with van der Waals surface area (Å²) >= 11 is 0. The molecule has 1 rings (SSSR count). The van der Waals surface area contributed by atoms with Gasteiger partial charge in [0.15, 0.2) is 0 Å². The van der Waals surface area contributed by atoms with E-state index in [-0.39, 0.29) is 17.9 Å². The van der Waals surface area contributed by atoms with E-state index in [2.05, 4.69) is 10.5 Å². The second-order valence-corrected chi connectivity index (χ2v) is 3.87. The number of carbonyl (C=O) groups is 1. The molecule has 0 aromatic heterocycles. The molecule has 1 amide bonds. The van der Waals surface area contributed by atoms with Gasteiger partial charge < -0.3 is 10.2 Å². The zero-order valence-corrected chi connectivity index (χ0v) is 9.65. The zero-order chi connectivity index (χ0) is 11.4. The molecular weight excluding hydrogens is 192 g/mol. The first-order valence-corrected chi connectivity index (χ1v) is 5.19. The van der Waals surface area contributed by atoms with Crippen molar-refractivity contribution in [3.8, 4) is 0 Å². The summed E-state index contributed by atoms with van der Waals surface area (Å²) in [4.78, 5) is 16.8. The molecule has 4 nitrogen and oxygen atoms in total. The van der Waals surface area contributed by atoms with E-state index in [0.717, 1.165) is 5.71 Å². The van der Waals surface area contributed by atoms with Crippen LogP contribution in [0.15, 0.2) is 17.3 Å². The van der Waals surface area contributed by atoms with Gasteiger partial charge in [-0.05, 0) is 20.8 Å². The van der Waals surface area contributed by atoms with Crippen LogP contribution < -0.4 is 5.32 Å². The second-order valence-electron chi connectivity index (χ2n) is 3.87. The van der Waals surface area contributed by atoms with E-state index in [1.54, 1.807) is 0 Å². The van der Waals surface area contributed by atoms with Crippen LogP contribution in [0.4, 0.5) is 0 Å². The molecule has 1 aliphatic rings. The topological polar surface area (TPSA) is 50.7 Å². The van der Waals surface area contributed by atoms with Crippen LogP contribution in [-0.4, -0.2) is 23.8 Å². The molecule has 1 N–H and O–H groups in total. The Morgan fingerprint density at radius 2 is 2.33 bits per heavy atom. The molecule has 0 aromatic carbocycles. The summed E-state index contributed by atoms with van der Waals surface area (Å²) in [6.07, 6.45) is 3.36. The van der Waals surface area contributed by atoms with E-state index in [1.807, 2.05) is 39.8 Å². The van der Waals surface area contributed by atoms with Crippen LogP contribution in [0.25, 0.3) is 0 Å². The highest BCUT2D eigenvalue weighted by Gasteiger charge is 2.34. The molecule has 84 valence electrons. The van der Waals surface area contributed by atoms with Gasteiger partial charge in [0, 0.05) is 12.0 Å². The van der Waals surface area contributed by atoms with Crippen molar-refractivity contribution in [2.75, 3.05) is 0 Å². The minimum atomic E-state index is -0.474. The maximum absolute atomic E-state index is 11.7. The minimum absolute atomic E-state index is 0.0270. The van der Waals surface area contributed by atoms with Gasteiger partial charge in [-0.3, -0.25) is 4.79 Å². The lowest BCUT2D eigenvalue weighted by Gasteiger charge is -2.16. The Kier molecular flexibility index (Phi) is 3.88. The van der Waals surface area contributed by atoms with Gasteiger partial charge in [-0.2, -0.15) is 0 Å². The second kappa shape index (κ2) is 4.96. The molecule has 0 radical (unpaired) electrons. The number of carbonyl (C=O) groups excluding carboxylic acids is 1. The summed E-state index contributed by atoms with van der Waals surface area (Å²) in [5.74, 6) is -0.0449. The quantitative estimate of drug-likeness (QED) is 0.717. The fraction of sp³-hybridized carbons (Fsp3) is 0.636. The summed E-state index contributed by atoms with van der Waals surface area (Å²) < 4.78 is 0.